The van der Waals surface area contributed by atoms with Crippen molar-refractivity contribution in [2.75, 3.05) is 72.5 Å². The van der Waals surface area contributed by atoms with E-state index in [1.54, 1.807) is 6.92 Å². The van der Waals surface area contributed by atoms with Gasteiger partial charge in [0.05, 0.1) is 39.6 Å². The molecule has 14 heteroatoms. The molecule has 0 aromatic carbocycles. The van der Waals surface area contributed by atoms with Crippen molar-refractivity contribution in [3.63, 3.8) is 0 Å². The first kappa shape index (κ1) is 37.0. The van der Waals surface area contributed by atoms with Gasteiger partial charge >= 0.3 is 5.97 Å². The van der Waals surface area contributed by atoms with Crippen LogP contribution in [0.5, 0.6) is 0 Å². The molecule has 0 aromatic heterocycles. The number of likely N-dealkylation sites (tertiary alicyclic amines) is 1. The average Bonchev–Trinajstić information content (AvgIpc) is 3.43. The van der Waals surface area contributed by atoms with Crippen molar-refractivity contribution in [2.45, 2.75) is 58.5 Å². The fourth-order valence-electron chi connectivity index (χ4n) is 3.93. The Labute approximate surface area is 247 Å². The molecule has 1 fully saturated rings. The van der Waals surface area contributed by atoms with Gasteiger partial charge in [0.2, 0.25) is 17.7 Å². The molecule has 240 valence electrons. The topological polar surface area (TPSA) is 182 Å². The van der Waals surface area contributed by atoms with Gasteiger partial charge in [0.15, 0.2) is 5.78 Å². The fraction of sp³-hybridized carbons (Fsp3) is 0.750. The van der Waals surface area contributed by atoms with Crippen LogP contribution < -0.4 is 16.0 Å². The molecule has 0 radical (unpaired) electrons. The zero-order valence-corrected chi connectivity index (χ0v) is 25.1. The molecule has 0 aromatic rings. The second kappa shape index (κ2) is 21.6. The predicted octanol–water partition coefficient (Wildman–Crippen LogP) is -0.142. The second-order valence-electron chi connectivity index (χ2n) is 10.2. The van der Waals surface area contributed by atoms with E-state index >= 15 is 0 Å². The summed E-state index contributed by atoms with van der Waals surface area (Å²) in [6.45, 7) is 11.5. The molecule has 4 N–H and O–H groups in total. The summed E-state index contributed by atoms with van der Waals surface area (Å²) in [6, 6.07) is -1.50. The summed E-state index contributed by atoms with van der Waals surface area (Å²) in [6.07, 6.45) is 1.34. The minimum absolute atomic E-state index is 0.00804. The highest BCUT2D eigenvalue weighted by molar-refractivity contribution is 5.88. The van der Waals surface area contributed by atoms with E-state index in [1.165, 1.54) is 4.90 Å². The number of ketones is 1. The van der Waals surface area contributed by atoms with E-state index < -0.39 is 18.1 Å². The molecule has 42 heavy (non-hydrogen) atoms. The Balaban J connectivity index is 2.07. The smallest absolute Gasteiger partial charge is 0.326 e. The van der Waals surface area contributed by atoms with Gasteiger partial charge in [-0.1, -0.05) is 20.4 Å². The van der Waals surface area contributed by atoms with Crippen molar-refractivity contribution >= 4 is 29.5 Å². The van der Waals surface area contributed by atoms with E-state index in [2.05, 4.69) is 22.5 Å². The maximum absolute atomic E-state index is 12.7. The van der Waals surface area contributed by atoms with Crippen LogP contribution in [0.15, 0.2) is 12.3 Å². The molecule has 2 atom stereocenters. The van der Waals surface area contributed by atoms with E-state index in [0.717, 1.165) is 0 Å². The van der Waals surface area contributed by atoms with Crippen molar-refractivity contribution in [2.24, 2.45) is 5.92 Å². The quantitative estimate of drug-likeness (QED) is 0.108. The SMILES string of the molecule is C=C(C)NC(CCC(=O)N1CCCC1C(=O)NCCOCCOCC(=O)NCCOCCOCC(=O)C(C)C)C(=O)O. The summed E-state index contributed by atoms with van der Waals surface area (Å²) in [5.74, 6) is -1.89. The van der Waals surface area contributed by atoms with E-state index in [1.807, 2.05) is 13.8 Å². The normalized spacial score (nSPS) is 15.3. The zero-order chi connectivity index (χ0) is 31.3. The van der Waals surface area contributed by atoms with Crippen LogP contribution in [0.4, 0.5) is 0 Å². The van der Waals surface area contributed by atoms with Gasteiger partial charge in [-0.3, -0.25) is 19.2 Å². The maximum atomic E-state index is 12.7. The highest BCUT2D eigenvalue weighted by Crippen LogP contribution is 2.19. The Bertz CT molecular complexity index is 883. The number of hydrogen-bond acceptors (Lipinski definition) is 10. The Kier molecular flexibility index (Phi) is 19.0. The first-order valence-electron chi connectivity index (χ1n) is 14.3. The average molecular weight is 601 g/mol. The number of carboxylic acids is 1. The summed E-state index contributed by atoms with van der Waals surface area (Å²) in [7, 11) is 0. The Morgan fingerprint density at radius 3 is 2.10 bits per heavy atom. The monoisotopic (exact) mass is 600 g/mol. The van der Waals surface area contributed by atoms with Crippen LogP contribution in [0.2, 0.25) is 0 Å². The largest absolute Gasteiger partial charge is 0.480 e. The Morgan fingerprint density at radius 2 is 1.50 bits per heavy atom. The lowest BCUT2D eigenvalue weighted by molar-refractivity contribution is -0.141. The lowest BCUT2D eigenvalue weighted by Gasteiger charge is -2.25. The molecule has 1 aliphatic heterocycles. The minimum atomic E-state index is -1.06. The number of carboxylic acid groups (broad SMARTS) is 1. The molecule has 1 saturated heterocycles. The minimum Gasteiger partial charge on any atom is -0.480 e. The molecule has 1 aliphatic rings. The van der Waals surface area contributed by atoms with Crippen LogP contribution in [0.1, 0.15) is 46.5 Å². The third-order valence-corrected chi connectivity index (χ3v) is 6.22. The molecule has 0 saturated carbocycles. The van der Waals surface area contributed by atoms with Crippen molar-refractivity contribution in [3.05, 3.63) is 12.3 Å². The van der Waals surface area contributed by atoms with Gasteiger partial charge in [-0.05, 0) is 26.2 Å². The van der Waals surface area contributed by atoms with E-state index in [-0.39, 0.29) is 81.8 Å². The standard InChI is InChI=1S/C28H48N4O10/c1-20(2)24(33)18-41-16-14-39-12-9-29-25(34)19-42-17-15-40-13-10-30-27(36)23-6-5-11-32(23)26(35)8-7-22(28(37)38)31-21(3)4/h20,22-23,31H,3,5-19H2,1-2,4H3,(H,29,34)(H,30,36)(H,37,38). The number of hydrogen-bond donors (Lipinski definition) is 4. The van der Waals surface area contributed by atoms with E-state index in [0.29, 0.717) is 51.4 Å². The number of carbonyl (C=O) groups excluding carboxylic acids is 4. The molecule has 1 rings (SSSR count). The van der Waals surface area contributed by atoms with Crippen LogP contribution in [0, 0.1) is 5.92 Å². The van der Waals surface area contributed by atoms with Crippen LogP contribution in [-0.2, 0) is 42.9 Å². The molecule has 2 unspecified atom stereocenters. The highest BCUT2D eigenvalue weighted by atomic mass is 16.5. The van der Waals surface area contributed by atoms with Crippen molar-refractivity contribution < 1.29 is 48.0 Å². The van der Waals surface area contributed by atoms with Crippen LogP contribution in [-0.4, -0.2) is 124 Å². The molecular formula is C28H48N4O10. The number of allylic oxidation sites excluding steroid dienone is 1. The summed E-state index contributed by atoms with van der Waals surface area (Å²) >= 11 is 0. The summed E-state index contributed by atoms with van der Waals surface area (Å²) in [4.78, 5) is 61.3. The summed E-state index contributed by atoms with van der Waals surface area (Å²) in [5.41, 5.74) is 0.501. The fourth-order valence-corrected chi connectivity index (χ4v) is 3.93. The lowest BCUT2D eigenvalue weighted by atomic mass is 10.1. The number of carbonyl (C=O) groups is 5. The number of ether oxygens (including phenoxy) is 4. The lowest BCUT2D eigenvalue weighted by Crippen LogP contribution is -2.47. The molecular weight excluding hydrogens is 552 g/mol. The highest BCUT2D eigenvalue weighted by Gasteiger charge is 2.34. The number of Topliss-reactive ketones (excluding diaryl/α,β-unsaturated/α-hetero) is 1. The molecule has 0 aliphatic carbocycles. The molecule has 3 amide bonds. The van der Waals surface area contributed by atoms with Gasteiger partial charge in [0.1, 0.15) is 25.3 Å². The molecule has 1 heterocycles. The molecule has 0 spiro atoms. The zero-order valence-electron chi connectivity index (χ0n) is 25.1. The Morgan fingerprint density at radius 1 is 0.905 bits per heavy atom. The van der Waals surface area contributed by atoms with E-state index in [4.69, 9.17) is 18.9 Å². The predicted molar refractivity (Wildman–Crippen MR) is 152 cm³/mol. The first-order valence-corrected chi connectivity index (χ1v) is 14.3. The number of aliphatic carboxylic acids is 1. The van der Waals surface area contributed by atoms with E-state index in [9.17, 15) is 29.1 Å². The number of nitrogens with one attached hydrogen (secondary N) is 3. The van der Waals surface area contributed by atoms with Gasteiger partial charge in [-0.15, -0.1) is 0 Å². The van der Waals surface area contributed by atoms with Gasteiger partial charge in [-0.2, -0.15) is 0 Å². The molecule has 0 bridgehead atoms. The number of amides is 3. The van der Waals surface area contributed by atoms with Gasteiger partial charge < -0.3 is 44.9 Å². The van der Waals surface area contributed by atoms with Crippen LogP contribution in [0.3, 0.4) is 0 Å². The van der Waals surface area contributed by atoms with Crippen molar-refractivity contribution in [1.29, 1.82) is 0 Å². The summed E-state index contributed by atoms with van der Waals surface area (Å²) < 4.78 is 21.2. The van der Waals surface area contributed by atoms with Crippen LogP contribution in [0.25, 0.3) is 0 Å². The summed E-state index contributed by atoms with van der Waals surface area (Å²) in [5, 5.41) is 17.5. The Hall–Kier alpha value is -3.07. The number of nitrogens with zero attached hydrogens (tertiary/aromatic N) is 1. The first-order chi connectivity index (χ1) is 20.0. The van der Waals surface area contributed by atoms with Crippen molar-refractivity contribution in [1.82, 2.24) is 20.9 Å². The third kappa shape index (κ3) is 16.4. The second-order valence-corrected chi connectivity index (χ2v) is 10.2. The molecule has 14 nitrogen and oxygen atoms in total. The number of rotatable bonds is 24. The van der Waals surface area contributed by atoms with Gasteiger partial charge in [0.25, 0.3) is 0 Å². The van der Waals surface area contributed by atoms with Gasteiger partial charge in [0, 0.05) is 37.7 Å². The third-order valence-electron chi connectivity index (χ3n) is 6.22. The van der Waals surface area contributed by atoms with Gasteiger partial charge in [-0.25, -0.2) is 4.79 Å². The van der Waals surface area contributed by atoms with Crippen LogP contribution >= 0.6 is 0 Å². The van der Waals surface area contributed by atoms with Crippen molar-refractivity contribution in [3.8, 4) is 0 Å². The maximum Gasteiger partial charge on any atom is 0.326 e.